The average molecular weight is 349 g/mol. The van der Waals surface area contributed by atoms with E-state index in [1.54, 1.807) is 4.90 Å². The fourth-order valence-corrected chi connectivity index (χ4v) is 3.01. The molecule has 0 atom stereocenters. The summed E-state index contributed by atoms with van der Waals surface area (Å²) in [4.78, 5) is 23.5. The lowest BCUT2D eigenvalue weighted by molar-refractivity contribution is 0.0743. The third kappa shape index (κ3) is 3.06. The Morgan fingerprint density at radius 2 is 1.88 bits per heavy atom. The van der Waals surface area contributed by atoms with E-state index in [0.717, 1.165) is 22.6 Å². The Morgan fingerprint density at radius 3 is 2.73 bits per heavy atom. The molecule has 6 heteroatoms. The Labute approximate surface area is 151 Å². The number of para-hydroxylation sites is 3. The van der Waals surface area contributed by atoms with Crippen LogP contribution in [0.5, 0.6) is 11.5 Å². The van der Waals surface area contributed by atoms with Crippen LogP contribution in [0.25, 0.3) is 11.0 Å². The smallest absolute Gasteiger partial charge is 0.274 e. The van der Waals surface area contributed by atoms with Crippen LogP contribution in [0.3, 0.4) is 0 Å². The van der Waals surface area contributed by atoms with Crippen molar-refractivity contribution in [3.63, 3.8) is 0 Å². The molecule has 0 saturated heterocycles. The van der Waals surface area contributed by atoms with Gasteiger partial charge in [-0.05, 0) is 25.1 Å². The Hall–Kier alpha value is -3.15. The molecule has 0 radical (unpaired) electrons. The van der Waals surface area contributed by atoms with Crippen LogP contribution in [-0.4, -0.2) is 40.5 Å². The molecule has 2 heterocycles. The average Bonchev–Trinajstić information content (AvgIpc) is 2.71. The van der Waals surface area contributed by atoms with E-state index in [4.69, 9.17) is 9.47 Å². The van der Waals surface area contributed by atoms with Gasteiger partial charge >= 0.3 is 0 Å². The maximum atomic E-state index is 12.9. The van der Waals surface area contributed by atoms with Crippen LogP contribution in [0.4, 0.5) is 0 Å². The molecule has 0 N–H and O–H groups in total. The van der Waals surface area contributed by atoms with Crippen LogP contribution >= 0.6 is 0 Å². The lowest BCUT2D eigenvalue weighted by Crippen LogP contribution is -2.31. The first-order valence-electron chi connectivity index (χ1n) is 8.65. The standard InChI is InChI=1S/C20H19N3O3/c1-2-23(13-14-6-5-9-18-19(14)26-11-10-25-18)20(24)17-12-21-15-7-3-4-8-16(15)22-17/h3-9,12H,2,10-11,13H2,1H3. The van der Waals surface area contributed by atoms with Gasteiger partial charge in [-0.15, -0.1) is 0 Å². The van der Waals surface area contributed by atoms with Gasteiger partial charge in [0, 0.05) is 18.7 Å². The molecule has 1 aliphatic rings. The van der Waals surface area contributed by atoms with Gasteiger partial charge in [-0.2, -0.15) is 0 Å². The molecule has 1 aromatic heterocycles. The highest BCUT2D eigenvalue weighted by Crippen LogP contribution is 2.34. The number of carbonyl (C=O) groups excluding carboxylic acids is 1. The van der Waals surface area contributed by atoms with Crippen molar-refractivity contribution in [2.45, 2.75) is 13.5 Å². The first-order valence-corrected chi connectivity index (χ1v) is 8.65. The van der Waals surface area contributed by atoms with E-state index < -0.39 is 0 Å². The Kier molecular flexibility index (Phi) is 4.39. The summed E-state index contributed by atoms with van der Waals surface area (Å²) in [6.07, 6.45) is 1.54. The molecule has 132 valence electrons. The Morgan fingerprint density at radius 1 is 1.08 bits per heavy atom. The second-order valence-electron chi connectivity index (χ2n) is 6.00. The zero-order valence-electron chi connectivity index (χ0n) is 14.5. The van der Waals surface area contributed by atoms with E-state index >= 15 is 0 Å². The van der Waals surface area contributed by atoms with Crippen molar-refractivity contribution >= 4 is 16.9 Å². The molecule has 4 rings (SSSR count). The van der Waals surface area contributed by atoms with Crippen molar-refractivity contribution < 1.29 is 14.3 Å². The summed E-state index contributed by atoms with van der Waals surface area (Å²) in [7, 11) is 0. The molecule has 0 bridgehead atoms. The summed E-state index contributed by atoms with van der Waals surface area (Å²) in [5.74, 6) is 1.29. The number of benzene rings is 2. The van der Waals surface area contributed by atoms with Crippen LogP contribution < -0.4 is 9.47 Å². The van der Waals surface area contributed by atoms with Crippen molar-refractivity contribution in [2.24, 2.45) is 0 Å². The fourth-order valence-electron chi connectivity index (χ4n) is 3.01. The van der Waals surface area contributed by atoms with E-state index in [1.165, 1.54) is 6.20 Å². The summed E-state index contributed by atoms with van der Waals surface area (Å²) in [6, 6.07) is 13.3. The monoisotopic (exact) mass is 349 g/mol. The number of ether oxygens (including phenoxy) is 2. The molecule has 0 spiro atoms. The van der Waals surface area contributed by atoms with Crippen LogP contribution in [0.1, 0.15) is 23.0 Å². The Balaban J connectivity index is 1.61. The first kappa shape index (κ1) is 16.3. The summed E-state index contributed by atoms with van der Waals surface area (Å²) in [5.41, 5.74) is 2.75. The van der Waals surface area contributed by atoms with Gasteiger partial charge in [0.15, 0.2) is 11.5 Å². The molecule has 26 heavy (non-hydrogen) atoms. The lowest BCUT2D eigenvalue weighted by atomic mass is 10.1. The number of carbonyl (C=O) groups is 1. The van der Waals surface area contributed by atoms with Gasteiger partial charge < -0.3 is 14.4 Å². The predicted molar refractivity (Wildman–Crippen MR) is 97.4 cm³/mol. The highest BCUT2D eigenvalue weighted by molar-refractivity contribution is 5.93. The number of hydrogen-bond donors (Lipinski definition) is 0. The third-order valence-corrected chi connectivity index (χ3v) is 4.35. The van der Waals surface area contributed by atoms with Crippen LogP contribution in [0.2, 0.25) is 0 Å². The molecular weight excluding hydrogens is 330 g/mol. The summed E-state index contributed by atoms with van der Waals surface area (Å²) >= 11 is 0. The van der Waals surface area contributed by atoms with E-state index in [-0.39, 0.29) is 5.91 Å². The molecule has 1 aliphatic heterocycles. The van der Waals surface area contributed by atoms with Crippen molar-refractivity contribution in [3.05, 3.63) is 59.9 Å². The third-order valence-electron chi connectivity index (χ3n) is 4.35. The Bertz CT molecular complexity index is 958. The molecule has 0 aliphatic carbocycles. The van der Waals surface area contributed by atoms with Crippen molar-refractivity contribution in [1.82, 2.24) is 14.9 Å². The highest BCUT2D eigenvalue weighted by atomic mass is 16.6. The summed E-state index contributed by atoms with van der Waals surface area (Å²) < 4.78 is 11.4. The van der Waals surface area contributed by atoms with Crippen LogP contribution in [-0.2, 0) is 6.54 Å². The molecule has 0 fully saturated rings. The number of fused-ring (bicyclic) bond motifs is 2. The second-order valence-corrected chi connectivity index (χ2v) is 6.00. The van der Waals surface area contributed by atoms with Gasteiger partial charge in [0.25, 0.3) is 5.91 Å². The quantitative estimate of drug-likeness (QED) is 0.724. The van der Waals surface area contributed by atoms with Crippen LogP contribution in [0.15, 0.2) is 48.7 Å². The number of nitrogens with zero attached hydrogens (tertiary/aromatic N) is 3. The van der Waals surface area contributed by atoms with Crippen molar-refractivity contribution in [3.8, 4) is 11.5 Å². The normalized spacial score (nSPS) is 12.8. The van der Waals surface area contributed by atoms with Crippen molar-refractivity contribution in [1.29, 1.82) is 0 Å². The van der Waals surface area contributed by atoms with Crippen molar-refractivity contribution in [2.75, 3.05) is 19.8 Å². The maximum Gasteiger partial charge on any atom is 0.274 e. The zero-order chi connectivity index (χ0) is 17.9. The lowest BCUT2D eigenvalue weighted by Gasteiger charge is -2.25. The summed E-state index contributed by atoms with van der Waals surface area (Å²) in [6.45, 7) is 3.98. The van der Waals surface area contributed by atoms with Crippen LogP contribution in [0, 0.1) is 0 Å². The van der Waals surface area contributed by atoms with Gasteiger partial charge in [0.05, 0.1) is 17.2 Å². The molecule has 2 aromatic carbocycles. The molecule has 0 saturated carbocycles. The number of hydrogen-bond acceptors (Lipinski definition) is 5. The predicted octanol–water partition coefficient (Wildman–Crippen LogP) is 3.06. The van der Waals surface area contributed by atoms with Gasteiger partial charge in [0.2, 0.25) is 0 Å². The van der Waals surface area contributed by atoms with Gasteiger partial charge in [-0.3, -0.25) is 9.78 Å². The van der Waals surface area contributed by atoms with Gasteiger partial charge in [-0.25, -0.2) is 4.98 Å². The molecule has 0 unspecified atom stereocenters. The first-order chi connectivity index (χ1) is 12.8. The molecule has 6 nitrogen and oxygen atoms in total. The number of amides is 1. The number of aromatic nitrogens is 2. The SMILES string of the molecule is CCN(Cc1cccc2c1OCCO2)C(=O)c1cnc2ccccc2n1. The van der Waals surface area contributed by atoms with Gasteiger partial charge in [0.1, 0.15) is 18.9 Å². The zero-order valence-corrected chi connectivity index (χ0v) is 14.5. The van der Waals surface area contributed by atoms with E-state index in [0.29, 0.717) is 37.5 Å². The minimum absolute atomic E-state index is 0.153. The topological polar surface area (TPSA) is 64.6 Å². The fraction of sp³-hybridized carbons (Fsp3) is 0.250. The minimum Gasteiger partial charge on any atom is -0.486 e. The second kappa shape index (κ2) is 7.00. The number of rotatable bonds is 4. The molecular formula is C20H19N3O3. The van der Waals surface area contributed by atoms with Gasteiger partial charge in [-0.1, -0.05) is 24.3 Å². The summed E-state index contributed by atoms with van der Waals surface area (Å²) in [5, 5.41) is 0. The van der Waals surface area contributed by atoms with E-state index in [9.17, 15) is 4.79 Å². The van der Waals surface area contributed by atoms with E-state index in [1.807, 2.05) is 49.4 Å². The minimum atomic E-state index is -0.153. The maximum absolute atomic E-state index is 12.9. The van der Waals surface area contributed by atoms with E-state index in [2.05, 4.69) is 9.97 Å². The molecule has 3 aromatic rings. The molecule has 1 amide bonds. The largest absolute Gasteiger partial charge is 0.486 e. The highest BCUT2D eigenvalue weighted by Gasteiger charge is 2.21.